The van der Waals surface area contributed by atoms with E-state index in [4.69, 9.17) is 0 Å². The molecule has 0 aromatic heterocycles. The van der Waals surface area contributed by atoms with Gasteiger partial charge in [-0.1, -0.05) is 13.0 Å². The monoisotopic (exact) mass is 238 g/mol. The van der Waals surface area contributed by atoms with Crippen LogP contribution < -0.4 is 10.2 Å². The van der Waals surface area contributed by atoms with Crippen molar-refractivity contribution in [2.45, 2.75) is 19.8 Å². The van der Waals surface area contributed by atoms with E-state index in [9.17, 15) is 14.0 Å². The van der Waals surface area contributed by atoms with E-state index in [-0.39, 0.29) is 26.0 Å². The summed E-state index contributed by atoms with van der Waals surface area (Å²) < 4.78 is 13.8. The van der Waals surface area contributed by atoms with Gasteiger partial charge in [0, 0.05) is 14.4 Å². The molecule has 0 aliphatic carbocycles. The van der Waals surface area contributed by atoms with Gasteiger partial charge in [-0.05, 0) is 24.1 Å². The molecule has 92 valence electrons. The van der Waals surface area contributed by atoms with E-state index >= 15 is 0 Å². The Kier molecular flexibility index (Phi) is 3.08. The first kappa shape index (κ1) is 11.6. The van der Waals surface area contributed by atoms with Crippen LogP contribution in [0.4, 0.5) is 14.9 Å². The number of carbonyl (C=O) groups excluding carboxylic acids is 2. The fourth-order valence-electron chi connectivity index (χ4n) is 1.78. The number of hydrogen-bond donors (Lipinski definition) is 1. The smallest absolute Gasteiger partial charge is 0.291 e. The zero-order valence-corrected chi connectivity index (χ0v) is 9.50. The molecule has 1 aliphatic rings. The van der Waals surface area contributed by atoms with E-state index < -0.39 is 11.8 Å². The van der Waals surface area contributed by atoms with Crippen LogP contribution >= 0.6 is 0 Å². The van der Waals surface area contributed by atoms with Crippen molar-refractivity contribution in [3.63, 3.8) is 0 Å². The summed E-state index contributed by atoms with van der Waals surface area (Å²) in [5.74, 6) is -0.759. The molecule has 1 fully saturated rings. The average Bonchev–Trinajstić information content (AvgIpc) is 2.30. The fourth-order valence-corrected chi connectivity index (χ4v) is 1.78. The Bertz CT molecular complexity index is 479. The summed E-state index contributed by atoms with van der Waals surface area (Å²) in [6.45, 7) is 2.15. The largest absolute Gasteiger partial charge is 0.328 e. The highest BCUT2D eigenvalue weighted by Crippen LogP contribution is 2.22. The van der Waals surface area contributed by atoms with Crippen molar-refractivity contribution in [1.29, 1.82) is 0 Å². The molecule has 1 aromatic carbocycles. The lowest BCUT2D eigenvalue weighted by molar-refractivity contribution is -0.120. The van der Waals surface area contributed by atoms with Crippen molar-refractivity contribution in [2.75, 3.05) is 11.4 Å². The Morgan fingerprint density at radius 3 is 2.82 bits per heavy atom. The third-order valence-corrected chi connectivity index (χ3v) is 2.77. The van der Waals surface area contributed by atoms with E-state index in [1.165, 1.54) is 11.0 Å². The molecule has 0 bridgehead atoms. The van der Waals surface area contributed by atoms with E-state index in [2.05, 4.69) is 5.32 Å². The van der Waals surface area contributed by atoms with Gasteiger partial charge in [-0.25, -0.2) is 9.18 Å². The first-order valence-corrected chi connectivity index (χ1v) is 5.51. The van der Waals surface area contributed by atoms with Crippen LogP contribution in [0.3, 0.4) is 0 Å². The zero-order chi connectivity index (χ0) is 12.4. The van der Waals surface area contributed by atoms with E-state index in [1.807, 2.05) is 6.92 Å². The highest BCUT2D eigenvalue weighted by Gasteiger charge is 2.26. The van der Waals surface area contributed by atoms with Crippen LogP contribution in [0.25, 0.3) is 0 Å². The van der Waals surface area contributed by atoms with Crippen molar-refractivity contribution in [1.82, 2.24) is 5.32 Å². The summed E-state index contributed by atoms with van der Waals surface area (Å²) >= 11 is 0. The zero-order valence-electron chi connectivity index (χ0n) is 9.50. The van der Waals surface area contributed by atoms with Gasteiger partial charge >= 0.3 is 6.03 Å². The van der Waals surface area contributed by atoms with Gasteiger partial charge in [0.2, 0.25) is 5.91 Å². The van der Waals surface area contributed by atoms with E-state index in [1.54, 1.807) is 12.1 Å². The maximum Gasteiger partial charge on any atom is 0.328 e. The minimum absolute atomic E-state index is 0. The summed E-state index contributed by atoms with van der Waals surface area (Å²) in [7, 11) is 0. The van der Waals surface area contributed by atoms with Crippen LogP contribution in [-0.2, 0) is 11.2 Å². The second-order valence-electron chi connectivity index (χ2n) is 3.89. The lowest BCUT2D eigenvalue weighted by Crippen LogP contribution is -2.49. The van der Waals surface area contributed by atoms with E-state index in [0.717, 1.165) is 12.0 Å². The molecule has 1 aliphatic heterocycles. The average molecular weight is 238 g/mol. The van der Waals surface area contributed by atoms with Gasteiger partial charge in [0.15, 0.2) is 0 Å². The highest BCUT2D eigenvalue weighted by molar-refractivity contribution is 6.05. The number of amides is 3. The number of hydrogen-bond acceptors (Lipinski definition) is 2. The van der Waals surface area contributed by atoms with Crippen molar-refractivity contribution >= 4 is 17.6 Å². The molecule has 0 atom stereocenters. The first-order valence-electron chi connectivity index (χ1n) is 5.51. The number of nitrogens with one attached hydrogen (secondary N) is 1. The highest BCUT2D eigenvalue weighted by atomic mass is 19.1. The number of urea groups is 1. The van der Waals surface area contributed by atoms with Gasteiger partial charge in [-0.15, -0.1) is 0 Å². The minimum Gasteiger partial charge on any atom is -0.291 e. The molecule has 2 rings (SSSR count). The number of rotatable bonds is 2. The number of anilines is 1. The molecule has 0 spiro atoms. The number of carbonyl (C=O) groups is 2. The maximum absolute atomic E-state index is 13.8. The van der Waals surface area contributed by atoms with Crippen LogP contribution in [0.15, 0.2) is 18.2 Å². The quantitative estimate of drug-likeness (QED) is 0.857. The summed E-state index contributed by atoms with van der Waals surface area (Å²) in [4.78, 5) is 23.8. The minimum atomic E-state index is -0.565. The second kappa shape index (κ2) is 4.53. The molecule has 3 amide bonds. The molecule has 1 N–H and O–H groups in total. The Balaban J connectivity index is 0.00000162. The molecule has 5 heteroatoms. The third kappa shape index (κ3) is 2.27. The number of halogens is 1. The topological polar surface area (TPSA) is 49.4 Å². The second-order valence-corrected chi connectivity index (χ2v) is 3.89. The number of benzene rings is 1. The SMILES string of the molecule is CCc1ccc(N2CCC(=O)NC2=O)c(F)c1.[HH]. The van der Waals surface area contributed by atoms with Crippen molar-refractivity contribution in [3.8, 4) is 0 Å². The summed E-state index contributed by atoms with van der Waals surface area (Å²) in [5, 5.41) is 2.17. The lowest BCUT2D eigenvalue weighted by atomic mass is 10.1. The van der Waals surface area contributed by atoms with Crippen molar-refractivity contribution < 1.29 is 15.4 Å². The number of nitrogens with zero attached hydrogens (tertiary/aromatic N) is 1. The molecule has 0 radical (unpaired) electrons. The molecular formula is C12H15FN2O2. The van der Waals surface area contributed by atoms with Gasteiger partial charge in [-0.3, -0.25) is 15.0 Å². The normalized spacial score (nSPS) is 16.0. The first-order chi connectivity index (χ1) is 8.11. The Labute approximate surface area is 99.9 Å². The van der Waals surface area contributed by atoms with Gasteiger partial charge < -0.3 is 0 Å². The Hall–Kier alpha value is -1.91. The standard InChI is InChI=1S/C12H13FN2O2.H2/c1-2-8-3-4-10(9(13)7-8)15-6-5-11(16)14-12(15)17;/h3-4,7H,2,5-6H2,1H3,(H,14,16,17);1H. The van der Waals surface area contributed by atoms with Crippen LogP contribution in [0.5, 0.6) is 0 Å². The predicted molar refractivity (Wildman–Crippen MR) is 63.4 cm³/mol. The fraction of sp³-hybridized carbons (Fsp3) is 0.333. The summed E-state index contributed by atoms with van der Waals surface area (Å²) in [6, 6.07) is 4.20. The van der Waals surface area contributed by atoms with Crippen molar-refractivity contribution in [3.05, 3.63) is 29.6 Å². The molecule has 17 heavy (non-hydrogen) atoms. The maximum atomic E-state index is 13.8. The molecule has 1 heterocycles. The lowest BCUT2D eigenvalue weighted by Gasteiger charge is -2.26. The molecule has 1 aromatic rings. The molecule has 1 saturated heterocycles. The van der Waals surface area contributed by atoms with Crippen molar-refractivity contribution in [2.24, 2.45) is 0 Å². The van der Waals surface area contributed by atoms with Crippen LogP contribution in [-0.4, -0.2) is 18.5 Å². The number of aryl methyl sites for hydroxylation is 1. The van der Waals surface area contributed by atoms with Gasteiger partial charge in [0.1, 0.15) is 5.82 Å². The van der Waals surface area contributed by atoms with Gasteiger partial charge in [-0.2, -0.15) is 0 Å². The van der Waals surface area contributed by atoms with Gasteiger partial charge in [0.05, 0.1) is 5.69 Å². The Morgan fingerprint density at radius 1 is 1.47 bits per heavy atom. The predicted octanol–water partition coefficient (Wildman–Crippen LogP) is 2.08. The van der Waals surface area contributed by atoms with Gasteiger partial charge in [0.25, 0.3) is 0 Å². The summed E-state index contributed by atoms with van der Waals surface area (Å²) in [5.41, 5.74) is 1.09. The van der Waals surface area contributed by atoms with Crippen LogP contribution in [0.2, 0.25) is 0 Å². The summed E-state index contributed by atoms with van der Waals surface area (Å²) in [6.07, 6.45) is 0.933. The van der Waals surface area contributed by atoms with Crippen LogP contribution in [0.1, 0.15) is 20.3 Å². The molecule has 0 saturated carbocycles. The van der Waals surface area contributed by atoms with E-state index in [0.29, 0.717) is 0 Å². The Morgan fingerprint density at radius 2 is 2.24 bits per heavy atom. The number of imide groups is 1. The molecular weight excluding hydrogens is 223 g/mol. The van der Waals surface area contributed by atoms with Crippen LogP contribution in [0, 0.1) is 5.82 Å². The molecule has 4 nitrogen and oxygen atoms in total. The third-order valence-electron chi connectivity index (χ3n) is 2.77. The molecule has 0 unspecified atom stereocenters.